The maximum absolute atomic E-state index is 12.4. The van der Waals surface area contributed by atoms with Crippen LogP contribution >= 0.6 is 0 Å². The fourth-order valence-corrected chi connectivity index (χ4v) is 4.20. The first-order valence-corrected chi connectivity index (χ1v) is 10.4. The van der Waals surface area contributed by atoms with E-state index in [4.69, 9.17) is 0 Å². The summed E-state index contributed by atoms with van der Waals surface area (Å²) in [7, 11) is -3.26. The Morgan fingerprint density at radius 3 is 2.15 bits per heavy atom. The number of nitrogens with one attached hydrogen (secondary N) is 1. The number of likely N-dealkylation sites (tertiary alicyclic amines) is 1. The third-order valence-electron chi connectivity index (χ3n) is 4.66. The van der Waals surface area contributed by atoms with Gasteiger partial charge in [0.1, 0.15) is 0 Å². The number of amides is 3. The van der Waals surface area contributed by atoms with Gasteiger partial charge in [0.05, 0.1) is 17.4 Å². The summed E-state index contributed by atoms with van der Waals surface area (Å²) in [6, 6.07) is 6.46. The Hall–Kier alpha value is -2.26. The largest absolute Gasteiger partial charge is 0.343 e. The van der Waals surface area contributed by atoms with E-state index in [1.807, 2.05) is 0 Å². The van der Waals surface area contributed by atoms with Crippen LogP contribution in [0.1, 0.15) is 40.0 Å². The van der Waals surface area contributed by atoms with Crippen molar-refractivity contribution < 1.29 is 22.8 Å². The van der Waals surface area contributed by atoms with Crippen molar-refractivity contribution in [3.05, 3.63) is 35.4 Å². The summed E-state index contributed by atoms with van der Waals surface area (Å²) in [6.45, 7) is 0.953. The van der Waals surface area contributed by atoms with Crippen LogP contribution < -0.4 is 4.72 Å². The van der Waals surface area contributed by atoms with E-state index >= 15 is 0 Å². The van der Waals surface area contributed by atoms with E-state index in [-0.39, 0.29) is 36.7 Å². The van der Waals surface area contributed by atoms with Crippen LogP contribution in [0.5, 0.6) is 0 Å². The first-order valence-electron chi connectivity index (χ1n) is 8.46. The number of carbonyl (C=O) groups is 3. The van der Waals surface area contributed by atoms with Crippen LogP contribution in [0, 0.1) is 0 Å². The zero-order chi connectivity index (χ0) is 18.9. The molecular weight excluding hydrogens is 358 g/mol. The van der Waals surface area contributed by atoms with Gasteiger partial charge in [-0.05, 0) is 25.0 Å². The third kappa shape index (κ3) is 3.94. The van der Waals surface area contributed by atoms with Crippen LogP contribution in [0.2, 0.25) is 0 Å². The molecule has 0 aliphatic carbocycles. The predicted molar refractivity (Wildman–Crippen MR) is 94.0 cm³/mol. The molecule has 1 aromatic carbocycles. The topological polar surface area (TPSA) is 104 Å². The Morgan fingerprint density at radius 1 is 1.12 bits per heavy atom. The fourth-order valence-electron chi connectivity index (χ4n) is 3.36. The average Bonchev–Trinajstić information content (AvgIpc) is 2.83. The quantitative estimate of drug-likeness (QED) is 0.737. The molecule has 1 aromatic rings. The molecule has 0 unspecified atom stereocenters. The number of benzene rings is 1. The number of hydrogen-bond donors (Lipinski definition) is 1. The molecule has 8 nitrogen and oxygen atoms in total. The first-order chi connectivity index (χ1) is 12.3. The molecule has 9 heteroatoms. The number of piperidine rings is 1. The van der Waals surface area contributed by atoms with Gasteiger partial charge >= 0.3 is 0 Å². The summed E-state index contributed by atoms with van der Waals surface area (Å²) in [6.07, 6.45) is 2.28. The highest BCUT2D eigenvalue weighted by Gasteiger charge is 2.35. The molecule has 1 N–H and O–H groups in total. The number of nitrogens with zero attached hydrogens (tertiary/aromatic N) is 2. The maximum atomic E-state index is 12.4. The summed E-state index contributed by atoms with van der Waals surface area (Å²) in [4.78, 5) is 39.7. The lowest BCUT2D eigenvalue weighted by molar-refractivity contribution is -0.132. The minimum atomic E-state index is -3.26. The highest BCUT2D eigenvalue weighted by molar-refractivity contribution is 7.88. The molecular formula is C17H21N3O5S. The molecule has 26 heavy (non-hydrogen) atoms. The van der Waals surface area contributed by atoms with Gasteiger partial charge < -0.3 is 4.90 Å². The molecule has 0 saturated carbocycles. The molecule has 2 aliphatic rings. The van der Waals surface area contributed by atoms with Gasteiger partial charge in [0.15, 0.2) is 0 Å². The SMILES string of the molecule is CS(=O)(=O)NC1CCN(C(=O)CCN2C(=O)c3ccccc3C2=O)CC1. The second-order valence-electron chi connectivity index (χ2n) is 6.60. The zero-order valence-corrected chi connectivity index (χ0v) is 15.3. The van der Waals surface area contributed by atoms with Crippen molar-refractivity contribution in [1.82, 2.24) is 14.5 Å². The molecule has 0 atom stereocenters. The van der Waals surface area contributed by atoms with Crippen LogP contribution in [0.4, 0.5) is 0 Å². The molecule has 0 bridgehead atoms. The number of imide groups is 1. The van der Waals surface area contributed by atoms with Crippen LogP contribution in [-0.4, -0.2) is 67.9 Å². The van der Waals surface area contributed by atoms with E-state index in [0.717, 1.165) is 11.2 Å². The second kappa shape index (κ2) is 7.16. The average molecular weight is 379 g/mol. The van der Waals surface area contributed by atoms with Crippen molar-refractivity contribution in [2.45, 2.75) is 25.3 Å². The summed E-state index contributed by atoms with van der Waals surface area (Å²) in [5.41, 5.74) is 0.746. The zero-order valence-electron chi connectivity index (χ0n) is 14.5. The van der Waals surface area contributed by atoms with E-state index in [1.165, 1.54) is 0 Å². The first kappa shape index (κ1) is 18.5. The highest BCUT2D eigenvalue weighted by Crippen LogP contribution is 2.22. The lowest BCUT2D eigenvalue weighted by Gasteiger charge is -2.32. The minimum Gasteiger partial charge on any atom is -0.343 e. The van der Waals surface area contributed by atoms with Gasteiger partial charge in [0.2, 0.25) is 15.9 Å². The van der Waals surface area contributed by atoms with Gasteiger partial charge in [-0.1, -0.05) is 12.1 Å². The Morgan fingerprint density at radius 2 is 1.65 bits per heavy atom. The summed E-state index contributed by atoms with van der Waals surface area (Å²) in [5, 5.41) is 0. The number of sulfonamides is 1. The van der Waals surface area contributed by atoms with E-state index in [0.29, 0.717) is 37.1 Å². The predicted octanol–water partition coefficient (Wildman–Crippen LogP) is 0.213. The Labute approximate surface area is 152 Å². The van der Waals surface area contributed by atoms with Crippen LogP contribution in [-0.2, 0) is 14.8 Å². The molecule has 2 aliphatic heterocycles. The summed E-state index contributed by atoms with van der Waals surface area (Å²) < 4.78 is 25.1. The van der Waals surface area contributed by atoms with Gasteiger partial charge in [0.25, 0.3) is 11.8 Å². The normalized spacial score (nSPS) is 18.3. The third-order valence-corrected chi connectivity index (χ3v) is 5.42. The van der Waals surface area contributed by atoms with Crippen molar-refractivity contribution in [3.8, 4) is 0 Å². The van der Waals surface area contributed by atoms with Gasteiger partial charge in [-0.15, -0.1) is 0 Å². The van der Waals surface area contributed by atoms with Crippen LogP contribution in [0.25, 0.3) is 0 Å². The molecule has 3 amide bonds. The lowest BCUT2D eigenvalue weighted by Crippen LogP contribution is -2.47. The fraction of sp³-hybridized carbons (Fsp3) is 0.471. The van der Waals surface area contributed by atoms with Crippen molar-refractivity contribution >= 4 is 27.7 Å². The molecule has 1 saturated heterocycles. The van der Waals surface area contributed by atoms with E-state index < -0.39 is 10.0 Å². The number of fused-ring (bicyclic) bond motifs is 1. The summed E-state index contributed by atoms with van der Waals surface area (Å²) in [5.74, 6) is -0.872. The number of hydrogen-bond acceptors (Lipinski definition) is 5. The van der Waals surface area contributed by atoms with Crippen molar-refractivity contribution in [2.75, 3.05) is 25.9 Å². The molecule has 140 valence electrons. The Bertz CT molecular complexity index is 809. The highest BCUT2D eigenvalue weighted by atomic mass is 32.2. The maximum Gasteiger partial charge on any atom is 0.261 e. The lowest BCUT2D eigenvalue weighted by atomic mass is 10.1. The van der Waals surface area contributed by atoms with E-state index in [9.17, 15) is 22.8 Å². The van der Waals surface area contributed by atoms with Crippen molar-refractivity contribution in [1.29, 1.82) is 0 Å². The standard InChI is InChI=1S/C17H21N3O5S/c1-26(24,25)18-12-6-9-19(10-7-12)15(21)8-11-20-16(22)13-4-2-3-5-14(13)17(20)23/h2-5,12,18H,6-11H2,1H3. The van der Waals surface area contributed by atoms with Crippen molar-refractivity contribution in [2.24, 2.45) is 0 Å². The molecule has 3 rings (SSSR count). The minimum absolute atomic E-state index is 0.0483. The molecule has 0 radical (unpaired) electrons. The Balaban J connectivity index is 1.51. The van der Waals surface area contributed by atoms with Crippen LogP contribution in [0.3, 0.4) is 0 Å². The van der Waals surface area contributed by atoms with Gasteiger partial charge in [-0.3, -0.25) is 19.3 Å². The van der Waals surface area contributed by atoms with Gasteiger partial charge in [-0.2, -0.15) is 0 Å². The molecule has 0 spiro atoms. The van der Waals surface area contributed by atoms with Gasteiger partial charge in [-0.25, -0.2) is 13.1 Å². The van der Waals surface area contributed by atoms with Crippen molar-refractivity contribution in [3.63, 3.8) is 0 Å². The summed E-state index contributed by atoms with van der Waals surface area (Å²) >= 11 is 0. The molecule has 2 heterocycles. The molecule has 0 aromatic heterocycles. The van der Waals surface area contributed by atoms with E-state index in [1.54, 1.807) is 29.2 Å². The Kier molecular flexibility index (Phi) is 5.10. The van der Waals surface area contributed by atoms with Crippen LogP contribution in [0.15, 0.2) is 24.3 Å². The number of carbonyl (C=O) groups excluding carboxylic acids is 3. The van der Waals surface area contributed by atoms with Gasteiger partial charge in [0, 0.05) is 32.1 Å². The number of rotatable bonds is 5. The monoisotopic (exact) mass is 379 g/mol. The smallest absolute Gasteiger partial charge is 0.261 e. The van der Waals surface area contributed by atoms with E-state index in [2.05, 4.69) is 4.72 Å². The molecule has 1 fully saturated rings. The second-order valence-corrected chi connectivity index (χ2v) is 8.38.